The van der Waals surface area contributed by atoms with E-state index < -0.39 is 17.6 Å². The molecule has 2 rings (SSSR count). The summed E-state index contributed by atoms with van der Waals surface area (Å²) in [6.45, 7) is 0. The van der Waals surface area contributed by atoms with Gasteiger partial charge in [0.15, 0.2) is 5.60 Å². The molecule has 0 aromatic heterocycles. The maximum absolute atomic E-state index is 11.3. The Kier molecular flexibility index (Phi) is 1.66. The van der Waals surface area contributed by atoms with Gasteiger partial charge in [0.2, 0.25) is 0 Å². The molecular formula is C8H11NO4. The second kappa shape index (κ2) is 2.51. The van der Waals surface area contributed by atoms with E-state index in [1.165, 1.54) is 7.11 Å². The maximum atomic E-state index is 11.3. The van der Waals surface area contributed by atoms with Crippen molar-refractivity contribution in [2.45, 2.75) is 30.9 Å². The number of Topliss-reactive ketones (excluding diaryl/α,β-unsaturated/α-hetero) is 1. The lowest BCUT2D eigenvalue weighted by Crippen LogP contribution is -2.26. The van der Waals surface area contributed by atoms with E-state index in [4.69, 9.17) is 4.74 Å². The molecule has 2 fully saturated rings. The minimum atomic E-state index is -0.785. The SMILES string of the molecule is CO[C@]12CCCC(=O)[C@H]1[C@@H]2[N+](=O)[O-]. The van der Waals surface area contributed by atoms with Gasteiger partial charge in [0.1, 0.15) is 11.7 Å². The van der Waals surface area contributed by atoms with Crippen molar-refractivity contribution in [1.29, 1.82) is 0 Å². The van der Waals surface area contributed by atoms with Gasteiger partial charge in [-0.1, -0.05) is 0 Å². The fraction of sp³-hybridized carbons (Fsp3) is 0.875. The van der Waals surface area contributed by atoms with Crippen LogP contribution in [-0.4, -0.2) is 29.5 Å². The predicted molar refractivity (Wildman–Crippen MR) is 42.9 cm³/mol. The number of hydrogen-bond acceptors (Lipinski definition) is 4. The van der Waals surface area contributed by atoms with Crippen molar-refractivity contribution >= 4 is 5.78 Å². The van der Waals surface area contributed by atoms with Crippen LogP contribution in [0.25, 0.3) is 0 Å². The van der Waals surface area contributed by atoms with Gasteiger partial charge in [0.25, 0.3) is 6.04 Å². The summed E-state index contributed by atoms with van der Waals surface area (Å²) < 4.78 is 5.13. The van der Waals surface area contributed by atoms with Crippen molar-refractivity contribution in [3.63, 3.8) is 0 Å². The second-order valence-electron chi connectivity index (χ2n) is 3.69. The molecule has 72 valence electrons. The maximum Gasteiger partial charge on any atom is 0.255 e. The van der Waals surface area contributed by atoms with E-state index in [-0.39, 0.29) is 10.7 Å². The van der Waals surface area contributed by atoms with Gasteiger partial charge in [-0.2, -0.15) is 0 Å². The third kappa shape index (κ3) is 0.934. The standard InChI is InChI=1S/C8H11NO4/c1-13-8-4-2-3-5(10)6(8)7(8)9(11)12/h6-7H,2-4H2,1H3/t6-,7-,8+/m0/s1. The molecule has 2 aliphatic carbocycles. The molecule has 0 bridgehead atoms. The number of ketones is 1. The number of methoxy groups -OCH3 is 1. The molecule has 2 aliphatic rings. The lowest BCUT2D eigenvalue weighted by Gasteiger charge is -2.16. The van der Waals surface area contributed by atoms with Gasteiger partial charge in [-0.05, 0) is 12.8 Å². The van der Waals surface area contributed by atoms with Crippen LogP contribution in [0.3, 0.4) is 0 Å². The van der Waals surface area contributed by atoms with Crippen LogP contribution < -0.4 is 0 Å². The monoisotopic (exact) mass is 185 g/mol. The lowest BCUT2D eigenvalue weighted by molar-refractivity contribution is -0.506. The molecule has 5 nitrogen and oxygen atoms in total. The van der Waals surface area contributed by atoms with E-state index in [0.717, 1.165) is 0 Å². The van der Waals surface area contributed by atoms with Gasteiger partial charge in [0.05, 0.1) is 0 Å². The highest BCUT2D eigenvalue weighted by molar-refractivity contribution is 5.87. The Morgan fingerprint density at radius 3 is 2.85 bits per heavy atom. The second-order valence-corrected chi connectivity index (χ2v) is 3.69. The van der Waals surface area contributed by atoms with E-state index in [2.05, 4.69) is 0 Å². The van der Waals surface area contributed by atoms with Gasteiger partial charge in [-0.15, -0.1) is 0 Å². The third-order valence-electron chi connectivity index (χ3n) is 3.18. The topological polar surface area (TPSA) is 69.4 Å². The minimum Gasteiger partial charge on any atom is -0.370 e. The molecular weight excluding hydrogens is 174 g/mol. The average molecular weight is 185 g/mol. The molecule has 0 saturated heterocycles. The number of rotatable bonds is 2. The smallest absolute Gasteiger partial charge is 0.255 e. The van der Waals surface area contributed by atoms with E-state index >= 15 is 0 Å². The zero-order valence-corrected chi connectivity index (χ0v) is 7.36. The van der Waals surface area contributed by atoms with Crippen LogP contribution in [0.1, 0.15) is 19.3 Å². The highest BCUT2D eigenvalue weighted by atomic mass is 16.6. The number of nitro groups is 1. The largest absolute Gasteiger partial charge is 0.370 e. The number of carbonyl (C=O) groups is 1. The molecule has 0 N–H and O–H groups in total. The number of ether oxygens (including phenoxy) is 1. The Bertz CT molecular complexity index is 271. The first-order chi connectivity index (χ1) is 6.13. The molecule has 13 heavy (non-hydrogen) atoms. The summed E-state index contributed by atoms with van der Waals surface area (Å²) in [4.78, 5) is 21.6. The Labute approximate surface area is 75.2 Å². The van der Waals surface area contributed by atoms with Crippen LogP contribution >= 0.6 is 0 Å². The summed E-state index contributed by atoms with van der Waals surface area (Å²) in [6.07, 6.45) is 1.83. The van der Waals surface area contributed by atoms with E-state index in [1.54, 1.807) is 0 Å². The van der Waals surface area contributed by atoms with Crippen LogP contribution in [-0.2, 0) is 9.53 Å². The molecule has 0 unspecified atom stereocenters. The third-order valence-corrected chi connectivity index (χ3v) is 3.18. The van der Waals surface area contributed by atoms with Crippen LogP contribution in [0.15, 0.2) is 0 Å². The van der Waals surface area contributed by atoms with Gasteiger partial charge >= 0.3 is 0 Å². The fourth-order valence-electron chi connectivity index (χ4n) is 2.49. The van der Waals surface area contributed by atoms with Gasteiger partial charge < -0.3 is 4.74 Å². The first-order valence-corrected chi connectivity index (χ1v) is 4.35. The Balaban J connectivity index is 2.25. The molecule has 0 aliphatic heterocycles. The van der Waals surface area contributed by atoms with E-state index in [1.807, 2.05) is 0 Å². The van der Waals surface area contributed by atoms with Crippen molar-refractivity contribution in [2.24, 2.45) is 5.92 Å². The molecule has 0 amide bonds. The van der Waals surface area contributed by atoms with Crippen LogP contribution in [0.5, 0.6) is 0 Å². The molecule has 0 aromatic rings. The quantitative estimate of drug-likeness (QED) is 0.461. The molecule has 3 atom stereocenters. The van der Waals surface area contributed by atoms with Crippen LogP contribution in [0.4, 0.5) is 0 Å². The number of nitrogens with zero attached hydrogens (tertiary/aromatic N) is 1. The molecule has 0 spiro atoms. The lowest BCUT2D eigenvalue weighted by atomic mass is 9.97. The summed E-state index contributed by atoms with van der Waals surface area (Å²) in [5.74, 6) is -0.476. The summed E-state index contributed by atoms with van der Waals surface area (Å²) in [5.41, 5.74) is -0.751. The predicted octanol–water partition coefficient (Wildman–Crippen LogP) is 0.400. The molecule has 2 saturated carbocycles. The van der Waals surface area contributed by atoms with E-state index in [9.17, 15) is 14.9 Å². The number of carbonyl (C=O) groups excluding carboxylic acids is 1. The van der Waals surface area contributed by atoms with Crippen molar-refractivity contribution in [3.8, 4) is 0 Å². The van der Waals surface area contributed by atoms with E-state index in [0.29, 0.717) is 19.3 Å². The van der Waals surface area contributed by atoms with Gasteiger partial charge in [-0.25, -0.2) is 0 Å². The summed E-state index contributed by atoms with van der Waals surface area (Å²) in [7, 11) is 1.45. The number of hydrogen-bond donors (Lipinski definition) is 0. The number of fused-ring (bicyclic) bond motifs is 1. The summed E-state index contributed by atoms with van der Waals surface area (Å²) in [5, 5.41) is 10.6. The molecule has 0 heterocycles. The molecule has 5 heteroatoms. The summed E-state index contributed by atoms with van der Waals surface area (Å²) in [6, 6.07) is -0.785. The first-order valence-electron chi connectivity index (χ1n) is 4.35. The average Bonchev–Trinajstić information content (AvgIpc) is 2.76. The Hall–Kier alpha value is -0.970. The Morgan fingerprint density at radius 2 is 2.38 bits per heavy atom. The first kappa shape index (κ1) is 8.62. The fourth-order valence-corrected chi connectivity index (χ4v) is 2.49. The van der Waals surface area contributed by atoms with Crippen LogP contribution in [0, 0.1) is 16.0 Å². The van der Waals surface area contributed by atoms with Crippen molar-refractivity contribution < 1.29 is 14.5 Å². The van der Waals surface area contributed by atoms with Crippen LogP contribution in [0.2, 0.25) is 0 Å². The minimum absolute atomic E-state index is 0.00481. The van der Waals surface area contributed by atoms with Crippen molar-refractivity contribution in [1.82, 2.24) is 0 Å². The molecule has 0 radical (unpaired) electrons. The Morgan fingerprint density at radius 1 is 1.69 bits per heavy atom. The zero-order chi connectivity index (χ0) is 9.64. The summed E-state index contributed by atoms with van der Waals surface area (Å²) >= 11 is 0. The van der Waals surface area contributed by atoms with Gasteiger partial charge in [-0.3, -0.25) is 14.9 Å². The van der Waals surface area contributed by atoms with Gasteiger partial charge in [0, 0.05) is 18.5 Å². The molecule has 0 aromatic carbocycles. The zero-order valence-electron chi connectivity index (χ0n) is 7.36. The van der Waals surface area contributed by atoms with Crippen molar-refractivity contribution in [2.75, 3.05) is 7.11 Å². The highest BCUT2D eigenvalue weighted by Gasteiger charge is 2.78. The van der Waals surface area contributed by atoms with Crippen molar-refractivity contribution in [3.05, 3.63) is 10.1 Å². The highest BCUT2D eigenvalue weighted by Crippen LogP contribution is 2.55. The normalized spacial score (nSPS) is 42.7.